The number of rotatable bonds is 4. The summed E-state index contributed by atoms with van der Waals surface area (Å²) in [5, 5.41) is 20.8. The minimum Gasteiger partial charge on any atom is -0.390 e. The van der Waals surface area contributed by atoms with Crippen molar-refractivity contribution in [3.05, 3.63) is 0 Å². The molecular weight excluding hydrogens is 392 g/mol. The van der Waals surface area contributed by atoms with E-state index >= 15 is 0 Å². The van der Waals surface area contributed by atoms with Crippen molar-refractivity contribution >= 4 is 0 Å². The first-order chi connectivity index (χ1) is 14.9. The summed E-state index contributed by atoms with van der Waals surface area (Å²) in [5.74, 6) is 6.73. The molecule has 0 radical (unpaired) electrons. The lowest BCUT2D eigenvalue weighted by Crippen LogP contribution is -2.55. The van der Waals surface area contributed by atoms with Gasteiger partial charge in [-0.05, 0) is 131 Å². The third-order valence-corrected chi connectivity index (χ3v) is 10.7. The number of hydrogen-bond donors (Lipinski definition) is 2. The number of aliphatic hydroxyl groups is 2. The molecule has 4 saturated carbocycles. The molecule has 184 valence electrons. The Labute approximate surface area is 199 Å². The van der Waals surface area contributed by atoms with Crippen LogP contribution in [0.2, 0.25) is 0 Å². The molecule has 2 heteroatoms. The normalized spacial score (nSPS) is 47.0. The third-order valence-electron chi connectivity index (χ3n) is 10.7. The average Bonchev–Trinajstić information content (AvgIpc) is 3.05. The lowest BCUT2D eigenvalue weighted by molar-refractivity contribution is -0.146. The van der Waals surface area contributed by atoms with Crippen LogP contribution in [0.25, 0.3) is 0 Å². The fourth-order valence-electron chi connectivity index (χ4n) is 8.78. The van der Waals surface area contributed by atoms with Crippen LogP contribution in [-0.4, -0.2) is 21.4 Å². The van der Waals surface area contributed by atoms with Crippen molar-refractivity contribution in [1.82, 2.24) is 0 Å². The lowest BCUT2D eigenvalue weighted by Gasteiger charge is -2.62. The van der Waals surface area contributed by atoms with Crippen LogP contribution in [0.4, 0.5) is 0 Å². The Morgan fingerprint density at radius 1 is 0.938 bits per heavy atom. The molecule has 0 amide bonds. The smallest absolute Gasteiger partial charge is 0.122 e. The van der Waals surface area contributed by atoms with Crippen molar-refractivity contribution in [2.75, 3.05) is 0 Å². The summed E-state index contributed by atoms with van der Waals surface area (Å²) < 4.78 is 0. The molecule has 7 unspecified atom stereocenters. The Morgan fingerprint density at radius 3 is 2.25 bits per heavy atom. The van der Waals surface area contributed by atoms with Crippen LogP contribution < -0.4 is 0 Å². The van der Waals surface area contributed by atoms with Gasteiger partial charge in [0, 0.05) is 0 Å². The highest BCUT2D eigenvalue weighted by Crippen LogP contribution is 2.68. The molecule has 4 fully saturated rings. The maximum atomic E-state index is 10.7. The van der Waals surface area contributed by atoms with E-state index in [1.165, 1.54) is 57.8 Å². The molecule has 4 aliphatic carbocycles. The van der Waals surface area contributed by atoms with Gasteiger partial charge in [0.05, 0.1) is 5.60 Å². The van der Waals surface area contributed by atoms with Gasteiger partial charge in [0.1, 0.15) is 5.60 Å². The molecule has 0 spiro atoms. The van der Waals surface area contributed by atoms with E-state index in [2.05, 4.69) is 40.5 Å². The molecule has 0 aromatic carbocycles. The standard InChI is InChI=1S/C27H44O2.C3H8/c1-6-24(2,28)14-7-8-19-10-12-22-21-11-9-20-18-25(3,29)16-17-27(20,5)23(21)13-15-26(19,22)4;1-3-2/h1,19-23,28-29H,7-18H2,2-5H3;3H2,1-2H3/t19?,20?,21?,22?,23?,24-,25-,26?,27?;/m0./s1. The second-order valence-electron chi connectivity index (χ2n) is 13.2. The van der Waals surface area contributed by atoms with Crippen molar-refractivity contribution in [2.45, 2.75) is 136 Å². The van der Waals surface area contributed by atoms with Gasteiger partial charge >= 0.3 is 0 Å². The molecule has 0 heterocycles. The van der Waals surface area contributed by atoms with Gasteiger partial charge in [0.2, 0.25) is 0 Å². The van der Waals surface area contributed by atoms with Crippen LogP contribution in [0.1, 0.15) is 125 Å². The second kappa shape index (κ2) is 9.62. The van der Waals surface area contributed by atoms with E-state index in [-0.39, 0.29) is 0 Å². The molecule has 0 aliphatic heterocycles. The zero-order valence-electron chi connectivity index (χ0n) is 22.1. The first-order valence-corrected chi connectivity index (χ1v) is 13.8. The van der Waals surface area contributed by atoms with Crippen LogP contribution >= 0.6 is 0 Å². The molecule has 4 rings (SSSR count). The maximum Gasteiger partial charge on any atom is 0.122 e. The maximum absolute atomic E-state index is 10.7. The molecule has 0 bridgehead atoms. The Morgan fingerprint density at radius 2 is 1.59 bits per heavy atom. The summed E-state index contributed by atoms with van der Waals surface area (Å²) in [5.41, 5.74) is -0.424. The molecule has 0 aromatic heterocycles. The summed E-state index contributed by atoms with van der Waals surface area (Å²) in [7, 11) is 0. The van der Waals surface area contributed by atoms with Gasteiger partial charge in [-0.2, -0.15) is 0 Å². The van der Waals surface area contributed by atoms with E-state index in [9.17, 15) is 10.2 Å². The topological polar surface area (TPSA) is 40.5 Å². The van der Waals surface area contributed by atoms with E-state index in [1.807, 2.05) is 0 Å². The predicted octanol–water partition coefficient (Wildman–Crippen LogP) is 7.37. The van der Waals surface area contributed by atoms with E-state index in [0.717, 1.165) is 55.3 Å². The van der Waals surface area contributed by atoms with E-state index in [4.69, 9.17) is 6.42 Å². The fraction of sp³-hybridized carbons (Fsp3) is 0.933. The van der Waals surface area contributed by atoms with Gasteiger partial charge in [0.25, 0.3) is 0 Å². The SMILES string of the molecule is C#C[C@](C)(O)CCCC1CCC2C3CCC4C[C@@](C)(O)CCC4(C)C3CCC12C.CCC. The summed E-state index contributed by atoms with van der Waals surface area (Å²) in [6.45, 7) is 13.3. The van der Waals surface area contributed by atoms with Gasteiger partial charge in [-0.15, -0.1) is 6.42 Å². The molecule has 4 aliphatic rings. The van der Waals surface area contributed by atoms with E-state index in [1.54, 1.807) is 6.92 Å². The Kier molecular flexibility index (Phi) is 7.84. The van der Waals surface area contributed by atoms with Gasteiger partial charge < -0.3 is 10.2 Å². The van der Waals surface area contributed by atoms with Gasteiger partial charge in [-0.1, -0.05) is 40.0 Å². The number of fused-ring (bicyclic) bond motifs is 5. The lowest BCUT2D eigenvalue weighted by atomic mass is 9.44. The zero-order chi connectivity index (χ0) is 23.8. The summed E-state index contributed by atoms with van der Waals surface area (Å²) in [6, 6.07) is 0. The quantitative estimate of drug-likeness (QED) is 0.444. The summed E-state index contributed by atoms with van der Waals surface area (Å²) in [6.07, 6.45) is 21.2. The van der Waals surface area contributed by atoms with Crippen LogP contribution in [0.3, 0.4) is 0 Å². The van der Waals surface area contributed by atoms with Gasteiger partial charge in [-0.3, -0.25) is 0 Å². The Balaban J connectivity index is 0.000000913. The largest absolute Gasteiger partial charge is 0.390 e. The van der Waals surface area contributed by atoms with Crippen LogP contribution in [-0.2, 0) is 0 Å². The first kappa shape index (κ1) is 26.1. The second-order valence-corrected chi connectivity index (χ2v) is 13.2. The van der Waals surface area contributed by atoms with Crippen LogP contribution in [0.5, 0.6) is 0 Å². The van der Waals surface area contributed by atoms with E-state index < -0.39 is 11.2 Å². The minimum atomic E-state index is -0.939. The molecule has 0 aromatic rings. The Hall–Kier alpha value is -0.520. The zero-order valence-corrected chi connectivity index (χ0v) is 22.1. The number of terminal acetylenes is 1. The minimum absolute atomic E-state index is 0.432. The predicted molar refractivity (Wildman–Crippen MR) is 135 cm³/mol. The Bertz CT molecular complexity index is 673. The van der Waals surface area contributed by atoms with Crippen molar-refractivity contribution in [1.29, 1.82) is 0 Å². The highest BCUT2D eigenvalue weighted by molar-refractivity contribution is 5.10. The van der Waals surface area contributed by atoms with E-state index in [0.29, 0.717) is 10.8 Å². The molecular formula is C30H52O2. The highest BCUT2D eigenvalue weighted by Gasteiger charge is 2.60. The van der Waals surface area contributed by atoms with Crippen molar-refractivity contribution in [3.63, 3.8) is 0 Å². The molecule has 2 N–H and O–H groups in total. The van der Waals surface area contributed by atoms with Crippen molar-refractivity contribution < 1.29 is 10.2 Å². The van der Waals surface area contributed by atoms with Crippen molar-refractivity contribution in [3.8, 4) is 12.3 Å². The first-order valence-electron chi connectivity index (χ1n) is 13.8. The summed E-state index contributed by atoms with van der Waals surface area (Å²) in [4.78, 5) is 0. The highest BCUT2D eigenvalue weighted by atomic mass is 16.3. The average molecular weight is 445 g/mol. The van der Waals surface area contributed by atoms with Gasteiger partial charge in [-0.25, -0.2) is 0 Å². The molecule has 9 atom stereocenters. The molecule has 2 nitrogen and oxygen atoms in total. The van der Waals surface area contributed by atoms with Gasteiger partial charge in [0.15, 0.2) is 0 Å². The van der Waals surface area contributed by atoms with Crippen LogP contribution in [0.15, 0.2) is 0 Å². The third kappa shape index (κ3) is 4.95. The molecule has 32 heavy (non-hydrogen) atoms. The summed E-state index contributed by atoms with van der Waals surface area (Å²) >= 11 is 0. The molecule has 0 saturated heterocycles. The van der Waals surface area contributed by atoms with Crippen LogP contribution in [0, 0.1) is 52.8 Å². The van der Waals surface area contributed by atoms with Crippen molar-refractivity contribution in [2.24, 2.45) is 40.4 Å². The fourth-order valence-corrected chi connectivity index (χ4v) is 8.78. The number of hydrogen-bond acceptors (Lipinski definition) is 2. The monoisotopic (exact) mass is 444 g/mol.